The molecule has 0 N–H and O–H groups in total. The molecule has 4 nitrogen and oxygen atoms in total. The van der Waals surface area contributed by atoms with Gasteiger partial charge in [-0.25, -0.2) is 0 Å². The summed E-state index contributed by atoms with van der Waals surface area (Å²) in [4.78, 5) is 16.0. The smallest absolute Gasteiger partial charge is 0.319 e. The third-order valence-electron chi connectivity index (χ3n) is 3.79. The number of piperidine rings is 1. The zero-order valence-electron chi connectivity index (χ0n) is 10.2. The highest BCUT2D eigenvalue weighted by Crippen LogP contribution is 2.20. The quantitative estimate of drug-likeness (QED) is 0.664. The molecule has 2 rings (SSSR count). The summed E-state index contributed by atoms with van der Waals surface area (Å²) in [5.74, 6) is -0.111. The lowest BCUT2D eigenvalue weighted by Crippen LogP contribution is -2.45. The minimum atomic E-state index is -0.111. The second kappa shape index (κ2) is 5.64. The predicted octanol–water partition coefficient (Wildman–Crippen LogP) is 0.720. The molecule has 0 saturated carbocycles. The van der Waals surface area contributed by atoms with Crippen LogP contribution in [0.1, 0.15) is 25.7 Å². The van der Waals surface area contributed by atoms with E-state index < -0.39 is 0 Å². The second-order valence-corrected chi connectivity index (χ2v) is 4.83. The van der Waals surface area contributed by atoms with Gasteiger partial charge in [-0.2, -0.15) is 0 Å². The van der Waals surface area contributed by atoms with E-state index >= 15 is 0 Å². The topological polar surface area (TPSA) is 32.8 Å². The molecule has 2 aliphatic heterocycles. The van der Waals surface area contributed by atoms with Crippen molar-refractivity contribution in [2.24, 2.45) is 0 Å². The molecule has 0 radical (unpaired) electrons. The van der Waals surface area contributed by atoms with E-state index in [1.165, 1.54) is 45.9 Å². The zero-order chi connectivity index (χ0) is 11.4. The normalized spacial score (nSPS) is 24.8. The highest BCUT2D eigenvalue weighted by atomic mass is 16.5. The van der Waals surface area contributed by atoms with E-state index in [4.69, 9.17) is 0 Å². The number of methoxy groups -OCH3 is 1. The first-order valence-corrected chi connectivity index (χ1v) is 6.33. The molecule has 0 aromatic rings. The molecule has 4 heteroatoms. The molecule has 2 fully saturated rings. The molecule has 0 unspecified atom stereocenters. The van der Waals surface area contributed by atoms with Crippen LogP contribution in [0, 0.1) is 0 Å². The zero-order valence-corrected chi connectivity index (χ0v) is 10.2. The van der Waals surface area contributed by atoms with E-state index in [1.807, 2.05) is 0 Å². The largest absolute Gasteiger partial charge is 0.468 e. The molecule has 16 heavy (non-hydrogen) atoms. The minimum absolute atomic E-state index is 0.111. The molecule has 2 heterocycles. The summed E-state index contributed by atoms with van der Waals surface area (Å²) < 4.78 is 4.69. The van der Waals surface area contributed by atoms with Gasteiger partial charge in [0.05, 0.1) is 13.7 Å². The maximum Gasteiger partial charge on any atom is 0.319 e. The van der Waals surface area contributed by atoms with Crippen LogP contribution >= 0.6 is 0 Å². The molecule has 0 spiro atoms. The first kappa shape index (κ1) is 11.9. The Labute approximate surface area is 97.5 Å². The van der Waals surface area contributed by atoms with Crippen LogP contribution in [0.15, 0.2) is 0 Å². The molecule has 0 amide bonds. The third-order valence-corrected chi connectivity index (χ3v) is 3.79. The fraction of sp³-hybridized carbons (Fsp3) is 0.917. The molecular formula is C12H22N2O2. The lowest BCUT2D eigenvalue weighted by molar-refractivity contribution is -0.142. The van der Waals surface area contributed by atoms with Crippen LogP contribution in [0.3, 0.4) is 0 Å². The average molecular weight is 226 g/mol. The number of hydrogen-bond acceptors (Lipinski definition) is 4. The first-order valence-electron chi connectivity index (χ1n) is 6.33. The van der Waals surface area contributed by atoms with Gasteiger partial charge in [0.2, 0.25) is 0 Å². The number of rotatable bonds is 3. The van der Waals surface area contributed by atoms with Gasteiger partial charge in [-0.15, -0.1) is 0 Å². The molecule has 0 bridgehead atoms. The summed E-state index contributed by atoms with van der Waals surface area (Å²) in [6.07, 6.45) is 5.14. The summed E-state index contributed by atoms with van der Waals surface area (Å²) in [5.41, 5.74) is 0. The van der Waals surface area contributed by atoms with E-state index in [9.17, 15) is 4.79 Å². The van der Waals surface area contributed by atoms with Crippen molar-refractivity contribution < 1.29 is 9.53 Å². The maximum atomic E-state index is 11.1. The summed E-state index contributed by atoms with van der Waals surface area (Å²) in [6.45, 7) is 5.10. The van der Waals surface area contributed by atoms with Gasteiger partial charge < -0.3 is 9.64 Å². The summed E-state index contributed by atoms with van der Waals surface area (Å²) in [6, 6.07) is 0.761. The molecule has 92 valence electrons. The molecule has 0 aliphatic carbocycles. The van der Waals surface area contributed by atoms with Gasteiger partial charge in [0.25, 0.3) is 0 Å². The molecule has 2 saturated heterocycles. The van der Waals surface area contributed by atoms with Crippen LogP contribution in [0.5, 0.6) is 0 Å². The van der Waals surface area contributed by atoms with Crippen molar-refractivity contribution in [1.29, 1.82) is 0 Å². The van der Waals surface area contributed by atoms with Crippen molar-refractivity contribution >= 4 is 5.97 Å². The predicted molar refractivity (Wildman–Crippen MR) is 62.3 cm³/mol. The number of carbonyl (C=O) groups excluding carboxylic acids is 1. The number of hydrogen-bond donors (Lipinski definition) is 0. The minimum Gasteiger partial charge on any atom is -0.468 e. The van der Waals surface area contributed by atoms with Gasteiger partial charge in [0.1, 0.15) is 0 Å². The number of esters is 1. The number of carbonyl (C=O) groups is 1. The van der Waals surface area contributed by atoms with Crippen molar-refractivity contribution in [3.8, 4) is 0 Å². The lowest BCUT2D eigenvalue weighted by Gasteiger charge is -2.36. The van der Waals surface area contributed by atoms with Crippen molar-refractivity contribution in [3.63, 3.8) is 0 Å². The maximum absolute atomic E-state index is 11.1. The Morgan fingerprint density at radius 1 is 1.19 bits per heavy atom. The van der Waals surface area contributed by atoms with Gasteiger partial charge in [0.15, 0.2) is 0 Å². The number of likely N-dealkylation sites (tertiary alicyclic amines) is 2. The van der Waals surface area contributed by atoms with E-state index in [-0.39, 0.29) is 5.97 Å². The van der Waals surface area contributed by atoms with Crippen LogP contribution in [-0.2, 0) is 9.53 Å². The Kier molecular flexibility index (Phi) is 4.18. The Morgan fingerprint density at radius 3 is 2.38 bits per heavy atom. The fourth-order valence-electron chi connectivity index (χ4n) is 2.80. The van der Waals surface area contributed by atoms with Crippen LogP contribution in [0.4, 0.5) is 0 Å². The van der Waals surface area contributed by atoms with Gasteiger partial charge in [-0.05, 0) is 38.8 Å². The van der Waals surface area contributed by atoms with Crippen molar-refractivity contribution in [2.45, 2.75) is 31.7 Å². The monoisotopic (exact) mass is 226 g/mol. The van der Waals surface area contributed by atoms with Gasteiger partial charge >= 0.3 is 5.97 Å². The molecular weight excluding hydrogens is 204 g/mol. The fourth-order valence-corrected chi connectivity index (χ4v) is 2.80. The van der Waals surface area contributed by atoms with Crippen molar-refractivity contribution in [3.05, 3.63) is 0 Å². The first-order chi connectivity index (χ1) is 7.79. The van der Waals surface area contributed by atoms with Crippen LogP contribution in [0.2, 0.25) is 0 Å². The van der Waals surface area contributed by atoms with Crippen molar-refractivity contribution in [2.75, 3.05) is 39.8 Å². The Bertz CT molecular complexity index is 231. The molecule has 0 aromatic carbocycles. The summed E-state index contributed by atoms with van der Waals surface area (Å²) >= 11 is 0. The standard InChI is InChI=1S/C12H22N2O2/c1-16-12(15)10-13-8-4-11(5-9-13)14-6-2-3-7-14/h11H,2-10H2,1H3. The lowest BCUT2D eigenvalue weighted by atomic mass is 10.0. The Morgan fingerprint density at radius 2 is 1.81 bits per heavy atom. The molecule has 2 aliphatic rings. The molecule has 0 atom stereocenters. The van der Waals surface area contributed by atoms with E-state index in [1.54, 1.807) is 0 Å². The number of ether oxygens (including phenoxy) is 1. The third kappa shape index (κ3) is 2.95. The summed E-state index contributed by atoms with van der Waals surface area (Å²) in [7, 11) is 1.46. The van der Waals surface area contributed by atoms with E-state index in [2.05, 4.69) is 14.5 Å². The van der Waals surface area contributed by atoms with Gasteiger partial charge in [0, 0.05) is 19.1 Å². The second-order valence-electron chi connectivity index (χ2n) is 4.83. The highest BCUT2D eigenvalue weighted by molar-refractivity contribution is 5.71. The molecule has 0 aromatic heterocycles. The summed E-state index contributed by atoms with van der Waals surface area (Å²) in [5, 5.41) is 0. The number of nitrogens with zero attached hydrogens (tertiary/aromatic N) is 2. The SMILES string of the molecule is COC(=O)CN1CCC(N2CCCC2)CC1. The van der Waals surface area contributed by atoms with E-state index in [0.29, 0.717) is 6.54 Å². The Hall–Kier alpha value is -0.610. The van der Waals surface area contributed by atoms with Crippen LogP contribution in [0.25, 0.3) is 0 Å². The van der Waals surface area contributed by atoms with Gasteiger partial charge in [-0.1, -0.05) is 0 Å². The highest BCUT2D eigenvalue weighted by Gasteiger charge is 2.26. The van der Waals surface area contributed by atoms with Crippen molar-refractivity contribution in [1.82, 2.24) is 9.80 Å². The van der Waals surface area contributed by atoms with Crippen LogP contribution in [-0.4, -0.2) is 61.6 Å². The Balaban J connectivity index is 1.71. The van der Waals surface area contributed by atoms with Crippen LogP contribution < -0.4 is 0 Å². The van der Waals surface area contributed by atoms with E-state index in [0.717, 1.165) is 19.1 Å². The van der Waals surface area contributed by atoms with Gasteiger partial charge in [-0.3, -0.25) is 9.69 Å². The average Bonchev–Trinajstić information content (AvgIpc) is 2.83.